The maximum atomic E-state index is 11.5. The summed E-state index contributed by atoms with van der Waals surface area (Å²) in [6.07, 6.45) is 0. The van der Waals surface area contributed by atoms with Gasteiger partial charge in [-0.05, 0) is 18.1 Å². The summed E-state index contributed by atoms with van der Waals surface area (Å²) < 4.78 is 0. The Hall–Kier alpha value is -1.91. The van der Waals surface area contributed by atoms with Gasteiger partial charge in [-0.3, -0.25) is 0 Å². The van der Waals surface area contributed by atoms with E-state index in [1.54, 1.807) is 30.3 Å². The third-order valence-corrected chi connectivity index (χ3v) is 1.81. The molecule has 0 saturated heterocycles. The molecule has 86 valence electrons. The summed E-state index contributed by atoms with van der Waals surface area (Å²) in [7, 11) is 0. The minimum atomic E-state index is -0.583. The van der Waals surface area contributed by atoms with Gasteiger partial charge in [-0.2, -0.15) is 0 Å². The van der Waals surface area contributed by atoms with Crippen molar-refractivity contribution in [3.8, 4) is 0 Å². The van der Waals surface area contributed by atoms with Crippen molar-refractivity contribution in [3.05, 3.63) is 40.8 Å². The molecule has 0 unspecified atom stereocenters. The summed E-state index contributed by atoms with van der Waals surface area (Å²) in [5, 5.41) is 3.40. The zero-order valence-corrected chi connectivity index (χ0v) is 9.29. The highest BCUT2D eigenvalue weighted by atomic mass is 16.8. The molecule has 0 fully saturated rings. The van der Waals surface area contributed by atoms with Crippen molar-refractivity contribution >= 4 is 5.97 Å². The number of hydrogen-bond donors (Lipinski definition) is 0. The van der Waals surface area contributed by atoms with Crippen LogP contribution in [0.25, 0.3) is 0 Å². The molecule has 0 radical (unpaired) electrons. The molecule has 0 heterocycles. The fourth-order valence-corrected chi connectivity index (χ4v) is 1.12. The van der Waals surface area contributed by atoms with Gasteiger partial charge < -0.3 is 4.84 Å². The van der Waals surface area contributed by atoms with E-state index in [2.05, 4.69) is 5.29 Å². The first-order chi connectivity index (χ1) is 7.63. The van der Waals surface area contributed by atoms with Gasteiger partial charge in [0.25, 0.3) is 0 Å². The van der Waals surface area contributed by atoms with Crippen molar-refractivity contribution in [2.45, 2.75) is 13.8 Å². The lowest BCUT2D eigenvalue weighted by Gasteiger charge is -2.15. The topological polar surface area (TPSA) is 59.0 Å². The van der Waals surface area contributed by atoms with Crippen LogP contribution >= 0.6 is 0 Å². The van der Waals surface area contributed by atoms with Gasteiger partial charge in [0, 0.05) is 0 Å². The second kappa shape index (κ2) is 5.85. The van der Waals surface area contributed by atoms with E-state index < -0.39 is 5.97 Å². The summed E-state index contributed by atoms with van der Waals surface area (Å²) in [5.74, 6) is -0.401. The number of nitrogens with zero attached hydrogens (tertiary/aromatic N) is 2. The summed E-state index contributed by atoms with van der Waals surface area (Å²) in [5.41, 5.74) is 0.389. The molecule has 0 aliphatic carbocycles. The second-order valence-corrected chi connectivity index (χ2v) is 3.76. The first kappa shape index (κ1) is 12.2. The Bertz CT molecular complexity index is 352. The highest BCUT2D eigenvalue weighted by molar-refractivity contribution is 5.89. The molecule has 5 nitrogen and oxygen atoms in total. The Labute approximate surface area is 93.9 Å². The average Bonchev–Trinajstić information content (AvgIpc) is 2.28. The molecule has 1 rings (SSSR count). The zero-order chi connectivity index (χ0) is 12.0. The Kier molecular flexibility index (Phi) is 4.44. The number of nitroso groups, excluding NO2 is 1. The number of benzene rings is 1. The van der Waals surface area contributed by atoms with Crippen molar-refractivity contribution in [1.29, 1.82) is 0 Å². The molecule has 0 amide bonds. The predicted octanol–water partition coefficient (Wildman–Crippen LogP) is 2.40. The number of hydroxylamine groups is 1. The Balaban J connectivity index is 2.59. The SMILES string of the molecule is CC(C)CN(N=O)OC(=O)c1ccccc1. The van der Waals surface area contributed by atoms with Crippen molar-refractivity contribution in [2.24, 2.45) is 11.2 Å². The molecular weight excluding hydrogens is 208 g/mol. The normalized spacial score (nSPS) is 9.94. The molecule has 1 aromatic rings. The number of carbonyl (C=O) groups is 1. The molecule has 1 aromatic carbocycles. The van der Waals surface area contributed by atoms with Gasteiger partial charge in [-0.1, -0.05) is 37.2 Å². The smallest absolute Gasteiger partial charge is 0.316 e. The summed E-state index contributed by atoms with van der Waals surface area (Å²) in [6, 6.07) is 8.46. The molecule has 0 saturated carbocycles. The molecule has 16 heavy (non-hydrogen) atoms. The first-order valence-corrected chi connectivity index (χ1v) is 5.01. The van der Waals surface area contributed by atoms with Gasteiger partial charge in [-0.25, -0.2) is 4.79 Å². The Morgan fingerprint density at radius 2 is 2.00 bits per heavy atom. The van der Waals surface area contributed by atoms with Crippen LogP contribution in [0.3, 0.4) is 0 Å². The van der Waals surface area contributed by atoms with Gasteiger partial charge in [0.2, 0.25) is 0 Å². The molecular formula is C11H14N2O3. The van der Waals surface area contributed by atoms with Crippen LogP contribution in [0.5, 0.6) is 0 Å². The number of rotatable bonds is 5. The molecule has 0 bridgehead atoms. The molecule has 0 spiro atoms. The van der Waals surface area contributed by atoms with Crippen molar-refractivity contribution in [3.63, 3.8) is 0 Å². The van der Waals surface area contributed by atoms with Crippen LogP contribution < -0.4 is 0 Å². The van der Waals surface area contributed by atoms with Crippen molar-refractivity contribution in [2.75, 3.05) is 6.54 Å². The number of carbonyl (C=O) groups excluding carboxylic acids is 1. The van der Waals surface area contributed by atoms with Gasteiger partial charge in [0.15, 0.2) is 0 Å². The minimum absolute atomic E-state index is 0.182. The monoisotopic (exact) mass is 222 g/mol. The molecule has 0 aliphatic heterocycles. The summed E-state index contributed by atoms with van der Waals surface area (Å²) in [6.45, 7) is 4.07. The predicted molar refractivity (Wildman–Crippen MR) is 59.2 cm³/mol. The van der Waals surface area contributed by atoms with Crippen LogP contribution in [-0.2, 0) is 4.84 Å². The van der Waals surface area contributed by atoms with Gasteiger partial charge in [0.05, 0.1) is 17.4 Å². The van der Waals surface area contributed by atoms with Crippen LogP contribution in [0.1, 0.15) is 24.2 Å². The minimum Gasteiger partial charge on any atom is -0.316 e. The Morgan fingerprint density at radius 1 is 1.38 bits per heavy atom. The third-order valence-electron chi connectivity index (χ3n) is 1.81. The zero-order valence-electron chi connectivity index (χ0n) is 9.29. The van der Waals surface area contributed by atoms with Crippen molar-refractivity contribution < 1.29 is 9.63 Å². The maximum absolute atomic E-state index is 11.5. The highest BCUT2D eigenvalue weighted by Crippen LogP contribution is 2.06. The Morgan fingerprint density at radius 3 is 2.50 bits per heavy atom. The van der Waals surface area contributed by atoms with Gasteiger partial charge >= 0.3 is 5.97 Å². The molecule has 5 heteroatoms. The fourth-order valence-electron chi connectivity index (χ4n) is 1.12. The molecule has 0 atom stereocenters. The summed E-state index contributed by atoms with van der Waals surface area (Å²) in [4.78, 5) is 26.8. The largest absolute Gasteiger partial charge is 0.365 e. The lowest BCUT2D eigenvalue weighted by atomic mass is 10.2. The van der Waals surface area contributed by atoms with Gasteiger partial charge in [-0.15, -0.1) is 4.91 Å². The standard InChI is InChI=1S/C11H14N2O3/c1-9(2)8-13(12-15)16-11(14)10-6-4-3-5-7-10/h3-7,9H,8H2,1-2H3. The average molecular weight is 222 g/mol. The van der Waals surface area contributed by atoms with E-state index in [0.29, 0.717) is 5.56 Å². The van der Waals surface area contributed by atoms with E-state index >= 15 is 0 Å². The molecule has 0 aromatic heterocycles. The van der Waals surface area contributed by atoms with E-state index in [0.717, 1.165) is 5.17 Å². The third kappa shape index (κ3) is 3.68. The van der Waals surface area contributed by atoms with Crippen LogP contribution in [0, 0.1) is 10.8 Å². The van der Waals surface area contributed by atoms with Crippen LogP contribution in [0.15, 0.2) is 35.6 Å². The molecule has 0 aliphatic rings. The lowest BCUT2D eigenvalue weighted by molar-refractivity contribution is -0.116. The van der Waals surface area contributed by atoms with E-state index in [9.17, 15) is 9.70 Å². The summed E-state index contributed by atoms with van der Waals surface area (Å²) >= 11 is 0. The fraction of sp³-hybridized carbons (Fsp3) is 0.364. The first-order valence-electron chi connectivity index (χ1n) is 5.01. The van der Waals surface area contributed by atoms with Crippen molar-refractivity contribution in [1.82, 2.24) is 5.17 Å². The quantitative estimate of drug-likeness (QED) is 0.567. The van der Waals surface area contributed by atoms with E-state index in [4.69, 9.17) is 4.84 Å². The molecule has 0 N–H and O–H groups in total. The van der Waals surface area contributed by atoms with E-state index in [1.165, 1.54) is 0 Å². The lowest BCUT2D eigenvalue weighted by Crippen LogP contribution is -2.25. The maximum Gasteiger partial charge on any atom is 0.365 e. The second-order valence-electron chi connectivity index (χ2n) is 3.76. The van der Waals surface area contributed by atoms with E-state index in [1.807, 2.05) is 13.8 Å². The van der Waals surface area contributed by atoms with Gasteiger partial charge in [0.1, 0.15) is 0 Å². The van der Waals surface area contributed by atoms with E-state index in [-0.39, 0.29) is 12.5 Å². The van der Waals surface area contributed by atoms with Crippen LogP contribution in [0.4, 0.5) is 0 Å². The highest BCUT2D eigenvalue weighted by Gasteiger charge is 2.14. The number of hydrogen-bond acceptors (Lipinski definition) is 4. The van der Waals surface area contributed by atoms with Crippen LogP contribution in [-0.4, -0.2) is 17.7 Å². The van der Waals surface area contributed by atoms with Crippen LogP contribution in [0.2, 0.25) is 0 Å².